The number of H-pyrrole nitrogens is 1. The predicted molar refractivity (Wildman–Crippen MR) is 151 cm³/mol. The number of imidazole rings is 2. The number of phosphoric ester groups is 2. The molecule has 0 aromatic carbocycles. The molecule has 22 nitrogen and oxygen atoms in total. The molecule has 3 aliphatic heterocycles. The van der Waals surface area contributed by atoms with Gasteiger partial charge in [-0.05, 0) is 6.07 Å². The lowest BCUT2D eigenvalue weighted by Gasteiger charge is -2.25. The van der Waals surface area contributed by atoms with E-state index in [0.29, 0.717) is 11.2 Å². The molecule has 4 aromatic rings. The van der Waals surface area contributed by atoms with E-state index in [1.165, 1.54) is 17.1 Å². The zero-order valence-corrected chi connectivity index (χ0v) is 25.2. The largest absolute Gasteiger partial charge is 0.472 e. The van der Waals surface area contributed by atoms with Crippen LogP contribution in [0.3, 0.4) is 0 Å². The molecule has 0 spiro atoms. The number of nitrogen functional groups attached to an aromatic ring is 1. The second kappa shape index (κ2) is 11.4. The summed E-state index contributed by atoms with van der Waals surface area (Å²) in [6, 6.07) is 1.68. The van der Waals surface area contributed by atoms with Crippen LogP contribution in [0.15, 0.2) is 29.7 Å². The van der Waals surface area contributed by atoms with Gasteiger partial charge in [0.2, 0.25) is 5.95 Å². The highest BCUT2D eigenvalue weighted by atomic mass is 31.2. The van der Waals surface area contributed by atoms with Crippen LogP contribution in [0, 0.1) is 0 Å². The average Bonchev–Trinajstić information content (AvgIpc) is 3.76. The lowest BCUT2D eigenvalue weighted by atomic mass is 10.1. The maximum absolute atomic E-state index is 13.2. The normalized spacial score (nSPS) is 37.1. The maximum Gasteiger partial charge on any atom is 0.472 e. The van der Waals surface area contributed by atoms with E-state index in [0.717, 1.165) is 10.9 Å². The minimum absolute atomic E-state index is 0.120. The first-order valence-electron chi connectivity index (χ1n) is 13.6. The summed E-state index contributed by atoms with van der Waals surface area (Å²) >= 11 is 0. The number of hydrogen-bond acceptors (Lipinski definition) is 17. The fourth-order valence-electron chi connectivity index (χ4n) is 5.56. The van der Waals surface area contributed by atoms with E-state index in [1.807, 2.05) is 0 Å². The fraction of sp³-hybridized carbons (Fsp3) is 0.500. The summed E-state index contributed by atoms with van der Waals surface area (Å²) in [5, 5.41) is 25.2. The van der Waals surface area contributed by atoms with Gasteiger partial charge in [0.05, 0.1) is 31.6 Å². The van der Waals surface area contributed by atoms with Crippen molar-refractivity contribution in [1.29, 1.82) is 0 Å². The van der Waals surface area contributed by atoms with Crippen LogP contribution >= 0.6 is 15.6 Å². The second-order valence-corrected chi connectivity index (χ2v) is 13.3. The molecular formula is C22H27N9O13P2. The zero-order chi connectivity index (χ0) is 32.5. The number of nitrogens with one attached hydrogen (secondary N) is 2. The molecule has 3 aliphatic rings. The van der Waals surface area contributed by atoms with Gasteiger partial charge in [0.15, 0.2) is 29.3 Å². The molecule has 46 heavy (non-hydrogen) atoms. The standard InChI is InChI=1S/C22H27N9O13P2/c1-24-8-2-3-25-17-11(8)26-6-30(17)20-14(33)15-10(42-20)5-40-46(37,38)44-16-13(32)9(4-39-45(35,36)43-15)41-21(16)31-7-27-12-18(31)28-22(23)29-19(12)34/h2-3,6-7,9-10,13-16,20-21,32-33H,4-5H2,1H3,(H,24,25)(H,35,36)(H,37,38)(H3,23,28,29,34)/t9-,10-,13-,14-,15-,16-,20-,21-/m1/s1. The van der Waals surface area contributed by atoms with Gasteiger partial charge in [-0.2, -0.15) is 4.98 Å². The van der Waals surface area contributed by atoms with Crippen molar-refractivity contribution < 1.29 is 56.7 Å². The number of phosphoric acid groups is 2. The second-order valence-electron chi connectivity index (χ2n) is 10.5. The number of aromatic amines is 1. The smallest absolute Gasteiger partial charge is 0.387 e. The summed E-state index contributed by atoms with van der Waals surface area (Å²) < 4.78 is 61.5. The average molecular weight is 687 g/mol. The number of hydrogen-bond donors (Lipinski definition) is 7. The Morgan fingerprint density at radius 1 is 0.913 bits per heavy atom. The third-order valence-electron chi connectivity index (χ3n) is 7.66. The lowest BCUT2D eigenvalue weighted by Crippen LogP contribution is -2.36. The first-order valence-corrected chi connectivity index (χ1v) is 16.5. The van der Waals surface area contributed by atoms with Crippen molar-refractivity contribution in [2.75, 3.05) is 31.3 Å². The summed E-state index contributed by atoms with van der Waals surface area (Å²) in [7, 11) is -8.47. The molecule has 24 heteroatoms. The van der Waals surface area contributed by atoms with Crippen LogP contribution in [-0.2, 0) is 36.7 Å². The molecule has 0 aliphatic carbocycles. The van der Waals surface area contributed by atoms with Gasteiger partial charge >= 0.3 is 15.6 Å². The highest BCUT2D eigenvalue weighted by molar-refractivity contribution is 7.47. The molecule has 7 rings (SSSR count). The summed E-state index contributed by atoms with van der Waals surface area (Å²) in [5.41, 5.74) is 6.02. The Hall–Kier alpha value is -3.37. The molecule has 0 saturated carbocycles. The van der Waals surface area contributed by atoms with Crippen LogP contribution in [0.4, 0.5) is 11.6 Å². The molecule has 0 amide bonds. The molecule has 2 unspecified atom stereocenters. The Morgan fingerprint density at radius 3 is 2.26 bits per heavy atom. The summed E-state index contributed by atoms with van der Waals surface area (Å²) in [6.45, 7) is -1.61. The topological polar surface area (TPSA) is 303 Å². The van der Waals surface area contributed by atoms with Crippen LogP contribution in [0.1, 0.15) is 12.5 Å². The van der Waals surface area contributed by atoms with Crippen molar-refractivity contribution in [3.05, 3.63) is 35.3 Å². The van der Waals surface area contributed by atoms with Crippen LogP contribution in [0.25, 0.3) is 22.3 Å². The number of fused-ring (bicyclic) bond motifs is 5. The van der Waals surface area contributed by atoms with Crippen LogP contribution in [0.2, 0.25) is 0 Å². The maximum atomic E-state index is 13.2. The van der Waals surface area contributed by atoms with Crippen molar-refractivity contribution in [1.82, 2.24) is 34.1 Å². The fourth-order valence-corrected chi connectivity index (χ4v) is 7.46. The van der Waals surface area contributed by atoms with E-state index < -0.39 is 83.5 Å². The molecule has 8 N–H and O–H groups in total. The zero-order valence-electron chi connectivity index (χ0n) is 23.5. The van der Waals surface area contributed by atoms with Crippen molar-refractivity contribution in [2.24, 2.45) is 0 Å². The number of rotatable bonds is 3. The number of anilines is 2. The van der Waals surface area contributed by atoms with Gasteiger partial charge in [0.25, 0.3) is 5.56 Å². The van der Waals surface area contributed by atoms with Gasteiger partial charge in [-0.3, -0.25) is 37.0 Å². The highest BCUT2D eigenvalue weighted by Crippen LogP contribution is 2.53. The van der Waals surface area contributed by atoms with Gasteiger partial charge < -0.3 is 40.5 Å². The van der Waals surface area contributed by atoms with Crippen molar-refractivity contribution in [3.63, 3.8) is 0 Å². The SMILES string of the molecule is CNc1ccnc2c1ncn2[C@@H]1O[C@@H]2COP(=O)(O)O[C@@H]3[C@H](O)[C@@H](COP(=O)(O)O[C@H]2[C@H]1O)O[C@H]3n1cnc2c(=O)[nH]c(N)nc21. The van der Waals surface area contributed by atoms with Gasteiger partial charge in [-0.15, -0.1) is 0 Å². The van der Waals surface area contributed by atoms with E-state index in [2.05, 4.69) is 30.2 Å². The first kappa shape index (κ1) is 31.2. The van der Waals surface area contributed by atoms with Crippen LogP contribution < -0.4 is 16.6 Å². The van der Waals surface area contributed by atoms with Crippen LogP contribution in [-0.4, -0.2) is 111 Å². The molecule has 4 aromatic heterocycles. The Morgan fingerprint density at radius 2 is 1.54 bits per heavy atom. The molecule has 0 radical (unpaired) electrons. The number of aliphatic hydroxyl groups is 2. The Kier molecular flexibility index (Phi) is 7.74. The van der Waals surface area contributed by atoms with E-state index in [1.54, 1.807) is 13.1 Å². The lowest BCUT2D eigenvalue weighted by molar-refractivity contribution is -0.0672. The van der Waals surface area contributed by atoms with E-state index in [9.17, 15) is 33.9 Å². The number of nitrogens with two attached hydrogens (primary N) is 1. The van der Waals surface area contributed by atoms with Gasteiger partial charge in [0.1, 0.15) is 42.1 Å². The van der Waals surface area contributed by atoms with Crippen molar-refractivity contribution in [2.45, 2.75) is 49.1 Å². The number of aromatic nitrogens is 7. The monoisotopic (exact) mass is 687 g/mol. The number of aliphatic hydroxyl groups excluding tert-OH is 2. The van der Waals surface area contributed by atoms with Gasteiger partial charge in [-0.1, -0.05) is 0 Å². The van der Waals surface area contributed by atoms with E-state index in [-0.39, 0.29) is 22.8 Å². The van der Waals surface area contributed by atoms with E-state index >= 15 is 0 Å². The number of nitrogens with zero attached hydrogens (tertiary/aromatic N) is 6. The molecule has 248 valence electrons. The molecule has 2 bridgehead atoms. The van der Waals surface area contributed by atoms with Gasteiger partial charge in [0, 0.05) is 13.2 Å². The number of pyridine rings is 1. The van der Waals surface area contributed by atoms with Gasteiger partial charge in [-0.25, -0.2) is 24.1 Å². The van der Waals surface area contributed by atoms with Crippen molar-refractivity contribution in [3.8, 4) is 0 Å². The van der Waals surface area contributed by atoms with E-state index in [4.69, 9.17) is 33.3 Å². The molecule has 3 fully saturated rings. The summed E-state index contributed by atoms with van der Waals surface area (Å²) in [5.74, 6) is -0.277. The summed E-state index contributed by atoms with van der Waals surface area (Å²) in [6.07, 6.45) is -8.56. The number of ether oxygens (including phenoxy) is 2. The highest BCUT2D eigenvalue weighted by Gasteiger charge is 2.54. The molecule has 7 heterocycles. The van der Waals surface area contributed by atoms with Crippen LogP contribution in [0.5, 0.6) is 0 Å². The minimum atomic E-state index is -5.10. The van der Waals surface area contributed by atoms with Crippen molar-refractivity contribution >= 4 is 49.6 Å². The molecule has 3 saturated heterocycles. The summed E-state index contributed by atoms with van der Waals surface area (Å²) in [4.78, 5) is 52.5. The Labute approximate surface area is 256 Å². The third-order valence-corrected chi connectivity index (χ3v) is 9.64. The third kappa shape index (κ3) is 5.41. The molecule has 10 atom stereocenters. The minimum Gasteiger partial charge on any atom is -0.387 e. The predicted octanol–water partition coefficient (Wildman–Crippen LogP) is -1.28. The molecular weight excluding hydrogens is 660 g/mol. The Balaban J connectivity index is 1.20. The first-order chi connectivity index (χ1) is 21.9. The Bertz CT molecular complexity index is 1950. The quantitative estimate of drug-likeness (QED) is 0.123.